The number of imide groups is 1. The van der Waals surface area contributed by atoms with E-state index in [2.05, 4.69) is 15.4 Å². The van der Waals surface area contributed by atoms with Crippen molar-refractivity contribution < 1.29 is 37.7 Å². The average Bonchev–Trinajstić information content (AvgIpc) is 3.30. The van der Waals surface area contributed by atoms with Gasteiger partial charge in [0.25, 0.3) is 0 Å². The van der Waals surface area contributed by atoms with Crippen LogP contribution >= 0.6 is 0 Å². The zero-order chi connectivity index (χ0) is 34.3. The molecule has 0 radical (unpaired) electrons. The first kappa shape index (κ1) is 34.4. The predicted octanol–water partition coefficient (Wildman–Crippen LogP) is 7.51. The minimum absolute atomic E-state index is 0.0385. The molecule has 3 amide bonds. The van der Waals surface area contributed by atoms with Crippen LogP contribution in [0.5, 0.6) is 0 Å². The zero-order valence-corrected chi connectivity index (χ0v) is 27.4. The van der Waals surface area contributed by atoms with Gasteiger partial charge in [-0.25, -0.2) is 28.1 Å². The van der Waals surface area contributed by atoms with E-state index in [1.165, 1.54) is 6.20 Å². The summed E-state index contributed by atoms with van der Waals surface area (Å²) in [6.45, 7) is 13.8. The minimum atomic E-state index is -1.68. The van der Waals surface area contributed by atoms with Crippen molar-refractivity contribution in [3.05, 3.63) is 35.5 Å². The first-order chi connectivity index (χ1) is 21.3. The summed E-state index contributed by atoms with van der Waals surface area (Å²) in [7, 11) is 0. The minimum Gasteiger partial charge on any atom is -0.464 e. The molecule has 3 aromatic rings. The SMILES string of the molecule is CC(C)n1nc(-c2cc(F)c(N)cc2F)c2c(N(C(=O)O)C(=O)OC(C)(C)C)ncc(C3CCC(NC(=O)OC(C)(C)C)CC3)c21. The first-order valence-corrected chi connectivity index (χ1v) is 15.2. The normalized spacial score (nSPS) is 17.2. The lowest BCUT2D eigenvalue weighted by Crippen LogP contribution is -2.41. The molecular formula is C32H42F2N6O6. The average molecular weight is 645 g/mol. The number of halogens is 2. The Balaban J connectivity index is 1.89. The third kappa shape index (κ3) is 7.48. The summed E-state index contributed by atoms with van der Waals surface area (Å²) < 4.78 is 42.6. The van der Waals surface area contributed by atoms with Crippen molar-refractivity contribution in [1.82, 2.24) is 20.1 Å². The molecule has 0 saturated heterocycles. The Morgan fingerprint density at radius 1 is 1.02 bits per heavy atom. The molecule has 1 saturated carbocycles. The summed E-state index contributed by atoms with van der Waals surface area (Å²) >= 11 is 0. The number of hydrogen-bond acceptors (Lipinski definition) is 8. The molecule has 4 rings (SSSR count). The van der Waals surface area contributed by atoms with Gasteiger partial charge in [0.15, 0.2) is 5.82 Å². The van der Waals surface area contributed by atoms with E-state index in [0.717, 1.165) is 12.1 Å². The number of amides is 3. The van der Waals surface area contributed by atoms with Crippen molar-refractivity contribution in [1.29, 1.82) is 0 Å². The number of nitrogens with one attached hydrogen (secondary N) is 1. The van der Waals surface area contributed by atoms with Gasteiger partial charge in [-0.2, -0.15) is 10.00 Å². The molecule has 1 fully saturated rings. The van der Waals surface area contributed by atoms with E-state index in [-0.39, 0.29) is 40.5 Å². The molecule has 0 aliphatic heterocycles. The van der Waals surface area contributed by atoms with Gasteiger partial charge in [0.05, 0.1) is 16.6 Å². The van der Waals surface area contributed by atoms with Crippen molar-refractivity contribution in [2.45, 2.75) is 110 Å². The number of alkyl carbamates (subject to hydrolysis) is 1. The molecule has 1 aliphatic rings. The highest BCUT2D eigenvalue weighted by Crippen LogP contribution is 2.44. The van der Waals surface area contributed by atoms with E-state index in [9.17, 15) is 23.9 Å². The Morgan fingerprint density at radius 3 is 2.17 bits per heavy atom. The number of nitrogens with two attached hydrogens (primary N) is 1. The number of fused-ring (bicyclic) bond motifs is 1. The molecule has 4 N–H and O–H groups in total. The molecule has 250 valence electrons. The van der Waals surface area contributed by atoms with Gasteiger partial charge in [0.1, 0.15) is 28.5 Å². The quantitative estimate of drug-likeness (QED) is 0.239. The maximum atomic E-state index is 15.4. The van der Waals surface area contributed by atoms with Crippen molar-refractivity contribution >= 4 is 40.7 Å². The van der Waals surface area contributed by atoms with Gasteiger partial charge in [0, 0.05) is 29.9 Å². The second-order valence-electron chi connectivity index (χ2n) is 13.8. The molecule has 0 atom stereocenters. The maximum Gasteiger partial charge on any atom is 0.425 e. The van der Waals surface area contributed by atoms with E-state index < -0.39 is 46.8 Å². The predicted molar refractivity (Wildman–Crippen MR) is 169 cm³/mol. The van der Waals surface area contributed by atoms with Crippen LogP contribution in [0.3, 0.4) is 0 Å². The van der Waals surface area contributed by atoms with Gasteiger partial charge in [-0.1, -0.05) is 0 Å². The van der Waals surface area contributed by atoms with Crippen molar-refractivity contribution in [3.8, 4) is 11.3 Å². The molecule has 1 aromatic carbocycles. The lowest BCUT2D eigenvalue weighted by atomic mass is 9.81. The smallest absolute Gasteiger partial charge is 0.425 e. The second-order valence-corrected chi connectivity index (χ2v) is 13.8. The topological polar surface area (TPSA) is 162 Å². The largest absolute Gasteiger partial charge is 0.464 e. The van der Waals surface area contributed by atoms with E-state index in [4.69, 9.17) is 15.2 Å². The molecule has 12 nitrogen and oxygen atoms in total. The summed E-state index contributed by atoms with van der Waals surface area (Å²) in [6, 6.07) is 1.27. The number of carbonyl (C=O) groups excluding carboxylic acids is 2. The van der Waals surface area contributed by atoms with Gasteiger partial charge in [-0.05, 0) is 98.6 Å². The number of carboxylic acid groups (broad SMARTS) is 1. The summed E-state index contributed by atoms with van der Waals surface area (Å²) in [6.07, 6.45) is 0.567. The molecular weight excluding hydrogens is 602 g/mol. The van der Waals surface area contributed by atoms with Crippen LogP contribution in [0.2, 0.25) is 0 Å². The third-order valence-electron chi connectivity index (χ3n) is 7.43. The number of anilines is 2. The molecule has 2 heterocycles. The fourth-order valence-electron chi connectivity index (χ4n) is 5.54. The Kier molecular flexibility index (Phi) is 9.51. The highest BCUT2D eigenvalue weighted by molar-refractivity contribution is 6.16. The fourth-order valence-corrected chi connectivity index (χ4v) is 5.54. The van der Waals surface area contributed by atoms with Crippen LogP contribution in [0.25, 0.3) is 22.2 Å². The number of benzene rings is 1. The summed E-state index contributed by atoms with van der Waals surface area (Å²) in [5.74, 6) is -2.26. The van der Waals surface area contributed by atoms with Gasteiger partial charge in [0.2, 0.25) is 0 Å². The standard InChI is InChI=1S/C32H42F2N6O6/c1-16(2)40-26-20(17-9-11-18(12-10-17)37-28(41)45-31(3,4)5)15-36-27(39(29(42)43)30(44)46-32(6,7)8)24(26)25(38-40)19-13-22(34)23(35)14-21(19)33/h13-18H,9-12,35H2,1-8H3,(H,37,41)(H,42,43). The number of nitrogen functional groups attached to an aromatic ring is 1. The lowest BCUT2D eigenvalue weighted by molar-refractivity contribution is 0.0489. The van der Waals surface area contributed by atoms with E-state index in [1.54, 1.807) is 46.2 Å². The Hall–Kier alpha value is -4.49. The molecule has 2 aromatic heterocycles. The molecule has 0 spiro atoms. The molecule has 1 aliphatic carbocycles. The number of aromatic nitrogens is 3. The Labute approximate surface area is 266 Å². The number of pyridine rings is 1. The highest BCUT2D eigenvalue weighted by atomic mass is 19.1. The molecule has 14 heteroatoms. The summed E-state index contributed by atoms with van der Waals surface area (Å²) in [4.78, 5) is 43.0. The third-order valence-corrected chi connectivity index (χ3v) is 7.43. The van der Waals surface area contributed by atoms with Gasteiger partial charge in [-0.3, -0.25) is 4.68 Å². The second kappa shape index (κ2) is 12.7. The molecule has 0 unspecified atom stereocenters. The number of nitrogens with zero attached hydrogens (tertiary/aromatic N) is 4. The van der Waals surface area contributed by atoms with Gasteiger partial charge < -0.3 is 25.6 Å². The molecule has 0 bridgehead atoms. The van der Waals surface area contributed by atoms with Crippen molar-refractivity contribution in [3.63, 3.8) is 0 Å². The maximum absolute atomic E-state index is 15.4. The molecule has 46 heavy (non-hydrogen) atoms. The number of rotatable bonds is 5. The van der Waals surface area contributed by atoms with Crippen LogP contribution in [0.1, 0.15) is 98.6 Å². The fraction of sp³-hybridized carbons (Fsp3) is 0.531. The Bertz CT molecular complexity index is 1650. The van der Waals surface area contributed by atoms with Crippen LogP contribution in [-0.2, 0) is 9.47 Å². The van der Waals surface area contributed by atoms with Gasteiger partial charge >= 0.3 is 18.3 Å². The first-order valence-electron chi connectivity index (χ1n) is 15.2. The van der Waals surface area contributed by atoms with Crippen molar-refractivity contribution in [2.24, 2.45) is 0 Å². The van der Waals surface area contributed by atoms with Crippen LogP contribution in [0.15, 0.2) is 18.3 Å². The highest BCUT2D eigenvalue weighted by Gasteiger charge is 2.36. The van der Waals surface area contributed by atoms with Crippen LogP contribution in [0.4, 0.5) is 34.7 Å². The summed E-state index contributed by atoms with van der Waals surface area (Å²) in [5, 5.41) is 17.8. The van der Waals surface area contributed by atoms with Crippen LogP contribution < -0.4 is 16.0 Å². The van der Waals surface area contributed by atoms with Gasteiger partial charge in [-0.15, -0.1) is 0 Å². The van der Waals surface area contributed by atoms with Crippen LogP contribution in [-0.4, -0.2) is 55.4 Å². The number of ether oxygens (including phenoxy) is 2. The summed E-state index contributed by atoms with van der Waals surface area (Å²) in [5.41, 5.74) is 4.23. The van der Waals surface area contributed by atoms with E-state index >= 15 is 4.39 Å². The van der Waals surface area contributed by atoms with Crippen molar-refractivity contribution in [2.75, 3.05) is 10.6 Å². The monoisotopic (exact) mass is 644 g/mol. The Morgan fingerprint density at radius 2 is 1.63 bits per heavy atom. The van der Waals surface area contributed by atoms with Crippen LogP contribution in [0, 0.1) is 11.6 Å². The zero-order valence-electron chi connectivity index (χ0n) is 27.4. The lowest BCUT2D eigenvalue weighted by Gasteiger charge is -2.31. The van der Waals surface area contributed by atoms with E-state index in [1.807, 2.05) is 13.8 Å². The van der Waals surface area contributed by atoms with E-state index in [0.29, 0.717) is 41.7 Å². The number of hydrogen-bond donors (Lipinski definition) is 3. The number of carbonyl (C=O) groups is 3.